The first kappa shape index (κ1) is 15.1. The van der Waals surface area contributed by atoms with E-state index in [9.17, 15) is 9.50 Å². The van der Waals surface area contributed by atoms with Gasteiger partial charge < -0.3 is 19.7 Å². The maximum Gasteiger partial charge on any atom is 0.168 e. The number of aliphatic hydroxyl groups excluding tert-OH is 2. The summed E-state index contributed by atoms with van der Waals surface area (Å²) in [6.07, 6.45) is 1.72. The Bertz CT molecular complexity index is 450. The average Bonchev–Trinajstić information content (AvgIpc) is 2.46. The van der Waals surface area contributed by atoms with E-state index in [1.807, 2.05) is 6.92 Å². The molecule has 2 rings (SSSR count). The third-order valence-electron chi connectivity index (χ3n) is 3.46. The van der Waals surface area contributed by atoms with Gasteiger partial charge in [-0.2, -0.15) is 0 Å². The SMILES string of the molecule is CCCCOc1cc2c(cc1F)O[C@@H]([C@@H](O)CO)CC2. The molecule has 0 saturated carbocycles. The van der Waals surface area contributed by atoms with Crippen LogP contribution in [-0.4, -0.2) is 35.6 Å². The van der Waals surface area contributed by atoms with Crippen molar-refractivity contribution in [1.82, 2.24) is 0 Å². The van der Waals surface area contributed by atoms with Crippen molar-refractivity contribution in [3.63, 3.8) is 0 Å². The molecule has 20 heavy (non-hydrogen) atoms. The minimum absolute atomic E-state index is 0.252. The summed E-state index contributed by atoms with van der Waals surface area (Å²) in [6, 6.07) is 2.97. The van der Waals surface area contributed by atoms with Crippen LogP contribution in [0.2, 0.25) is 0 Å². The van der Waals surface area contributed by atoms with Gasteiger partial charge in [-0.1, -0.05) is 13.3 Å². The van der Waals surface area contributed by atoms with E-state index in [1.54, 1.807) is 6.07 Å². The number of halogens is 1. The summed E-state index contributed by atoms with van der Waals surface area (Å²) in [5, 5.41) is 18.5. The fraction of sp³-hybridized carbons (Fsp3) is 0.600. The number of unbranched alkanes of at least 4 members (excludes halogenated alkanes) is 1. The first-order valence-electron chi connectivity index (χ1n) is 7.06. The van der Waals surface area contributed by atoms with E-state index in [0.717, 1.165) is 18.4 Å². The van der Waals surface area contributed by atoms with E-state index in [-0.39, 0.29) is 12.4 Å². The summed E-state index contributed by atoms with van der Waals surface area (Å²) in [7, 11) is 0. The summed E-state index contributed by atoms with van der Waals surface area (Å²) in [6.45, 7) is 2.19. The Morgan fingerprint density at radius 1 is 1.50 bits per heavy atom. The van der Waals surface area contributed by atoms with Crippen LogP contribution in [0.25, 0.3) is 0 Å². The second-order valence-electron chi connectivity index (χ2n) is 5.04. The molecule has 0 radical (unpaired) electrons. The molecule has 1 heterocycles. The van der Waals surface area contributed by atoms with Crippen LogP contribution < -0.4 is 9.47 Å². The molecule has 1 aromatic carbocycles. The lowest BCUT2D eigenvalue weighted by molar-refractivity contribution is -0.00980. The lowest BCUT2D eigenvalue weighted by Gasteiger charge is -2.29. The van der Waals surface area contributed by atoms with Gasteiger partial charge in [0.25, 0.3) is 0 Å². The fourth-order valence-electron chi connectivity index (χ4n) is 2.23. The van der Waals surface area contributed by atoms with Crippen LogP contribution in [-0.2, 0) is 6.42 Å². The highest BCUT2D eigenvalue weighted by Crippen LogP contribution is 2.34. The number of rotatable bonds is 6. The van der Waals surface area contributed by atoms with Crippen molar-refractivity contribution in [3.8, 4) is 11.5 Å². The molecule has 2 N–H and O–H groups in total. The topological polar surface area (TPSA) is 58.9 Å². The molecule has 0 aromatic heterocycles. The number of aryl methyl sites for hydroxylation is 1. The molecule has 0 fully saturated rings. The van der Waals surface area contributed by atoms with Gasteiger partial charge in [0.1, 0.15) is 18.0 Å². The van der Waals surface area contributed by atoms with Gasteiger partial charge in [0.05, 0.1) is 13.2 Å². The van der Waals surface area contributed by atoms with Crippen molar-refractivity contribution in [2.24, 2.45) is 0 Å². The molecule has 0 saturated heterocycles. The van der Waals surface area contributed by atoms with Gasteiger partial charge in [-0.05, 0) is 30.9 Å². The summed E-state index contributed by atoms with van der Waals surface area (Å²) in [5.41, 5.74) is 0.874. The van der Waals surface area contributed by atoms with E-state index in [4.69, 9.17) is 14.6 Å². The van der Waals surface area contributed by atoms with Gasteiger partial charge in [0, 0.05) is 6.07 Å². The molecule has 1 aliphatic rings. The van der Waals surface area contributed by atoms with Crippen LogP contribution in [0.3, 0.4) is 0 Å². The van der Waals surface area contributed by atoms with Crippen LogP contribution in [0.1, 0.15) is 31.7 Å². The van der Waals surface area contributed by atoms with Crippen molar-refractivity contribution >= 4 is 0 Å². The average molecular weight is 284 g/mol. The molecule has 1 aromatic rings. The molecule has 0 unspecified atom stereocenters. The van der Waals surface area contributed by atoms with Crippen LogP contribution in [0.15, 0.2) is 12.1 Å². The molecule has 1 aliphatic heterocycles. The molecule has 112 valence electrons. The molecule has 0 spiro atoms. The normalized spacial score (nSPS) is 19.1. The predicted octanol–water partition coefficient (Wildman–Crippen LogP) is 2.05. The van der Waals surface area contributed by atoms with E-state index >= 15 is 0 Å². The molecule has 5 heteroatoms. The Morgan fingerprint density at radius 2 is 2.30 bits per heavy atom. The van der Waals surface area contributed by atoms with Crippen molar-refractivity contribution in [2.45, 2.75) is 44.8 Å². The zero-order chi connectivity index (χ0) is 14.5. The number of ether oxygens (including phenoxy) is 2. The highest BCUT2D eigenvalue weighted by atomic mass is 19.1. The van der Waals surface area contributed by atoms with Gasteiger partial charge in [-0.15, -0.1) is 0 Å². The summed E-state index contributed by atoms with van der Waals surface area (Å²) >= 11 is 0. The highest BCUT2D eigenvalue weighted by molar-refractivity contribution is 5.43. The van der Waals surface area contributed by atoms with Crippen LogP contribution >= 0.6 is 0 Å². The number of hydrogen-bond acceptors (Lipinski definition) is 4. The molecule has 0 amide bonds. The van der Waals surface area contributed by atoms with Gasteiger partial charge in [-0.25, -0.2) is 4.39 Å². The van der Waals surface area contributed by atoms with E-state index in [0.29, 0.717) is 25.2 Å². The lowest BCUT2D eigenvalue weighted by atomic mass is 9.99. The van der Waals surface area contributed by atoms with Crippen LogP contribution in [0.4, 0.5) is 4.39 Å². The van der Waals surface area contributed by atoms with Crippen LogP contribution in [0.5, 0.6) is 11.5 Å². The summed E-state index contributed by atoms with van der Waals surface area (Å²) in [5.74, 6) is 0.218. The molecular formula is C15H21FO4. The van der Waals surface area contributed by atoms with Crippen LogP contribution in [0, 0.1) is 5.82 Å². The van der Waals surface area contributed by atoms with Gasteiger partial charge in [-0.3, -0.25) is 0 Å². The van der Waals surface area contributed by atoms with E-state index < -0.39 is 18.0 Å². The molecule has 0 aliphatic carbocycles. The van der Waals surface area contributed by atoms with Crippen molar-refractivity contribution < 1.29 is 24.1 Å². The largest absolute Gasteiger partial charge is 0.491 e. The zero-order valence-electron chi connectivity index (χ0n) is 11.6. The number of hydrogen-bond donors (Lipinski definition) is 2. The van der Waals surface area contributed by atoms with E-state index in [2.05, 4.69) is 0 Å². The minimum atomic E-state index is -0.938. The van der Waals surface area contributed by atoms with E-state index in [1.165, 1.54) is 6.07 Å². The van der Waals surface area contributed by atoms with Crippen molar-refractivity contribution in [3.05, 3.63) is 23.5 Å². The Labute approximate surface area is 118 Å². The quantitative estimate of drug-likeness (QED) is 0.785. The summed E-state index contributed by atoms with van der Waals surface area (Å²) < 4.78 is 24.9. The zero-order valence-corrected chi connectivity index (χ0v) is 11.6. The Hall–Kier alpha value is -1.33. The monoisotopic (exact) mass is 284 g/mol. The van der Waals surface area contributed by atoms with Crippen molar-refractivity contribution in [2.75, 3.05) is 13.2 Å². The summed E-state index contributed by atoms with van der Waals surface area (Å²) in [4.78, 5) is 0. The molecule has 2 atom stereocenters. The third kappa shape index (κ3) is 3.41. The molecular weight excluding hydrogens is 263 g/mol. The smallest absolute Gasteiger partial charge is 0.168 e. The van der Waals surface area contributed by atoms with Crippen molar-refractivity contribution in [1.29, 1.82) is 0 Å². The van der Waals surface area contributed by atoms with Gasteiger partial charge in [0.2, 0.25) is 0 Å². The first-order chi connectivity index (χ1) is 9.65. The lowest BCUT2D eigenvalue weighted by Crippen LogP contribution is -2.37. The van der Waals surface area contributed by atoms with Gasteiger partial charge >= 0.3 is 0 Å². The third-order valence-corrected chi connectivity index (χ3v) is 3.46. The Balaban J connectivity index is 2.09. The minimum Gasteiger partial charge on any atom is -0.491 e. The first-order valence-corrected chi connectivity index (χ1v) is 7.06. The standard InChI is InChI=1S/C15H21FO4/c1-2-3-6-19-15-7-10-4-5-13(12(18)9-17)20-14(10)8-11(15)16/h7-8,12-13,17-18H,2-6,9H2,1H3/t12-,13+/m0/s1. The Morgan fingerprint density at radius 3 is 3.00 bits per heavy atom. The maximum atomic E-state index is 13.9. The second-order valence-corrected chi connectivity index (χ2v) is 5.04. The molecule has 0 bridgehead atoms. The number of aliphatic hydroxyl groups is 2. The number of fused-ring (bicyclic) bond motifs is 1. The van der Waals surface area contributed by atoms with Gasteiger partial charge in [0.15, 0.2) is 11.6 Å². The number of benzene rings is 1. The molecule has 4 nitrogen and oxygen atoms in total. The maximum absolute atomic E-state index is 13.9. The fourth-order valence-corrected chi connectivity index (χ4v) is 2.23. The Kier molecular flexibility index (Phi) is 5.20. The predicted molar refractivity (Wildman–Crippen MR) is 72.6 cm³/mol. The highest BCUT2D eigenvalue weighted by Gasteiger charge is 2.27. The second kappa shape index (κ2) is 6.90.